The van der Waals surface area contributed by atoms with Gasteiger partial charge in [0.15, 0.2) is 0 Å². The minimum absolute atomic E-state index is 0.0628. The number of Topliss-reactive ketones (excluding diaryl/α,β-unsaturated/α-hetero) is 1. The van der Waals surface area contributed by atoms with Crippen molar-refractivity contribution in [3.05, 3.63) is 101 Å². The number of hydrogen-bond acceptors (Lipinski definition) is 5. The van der Waals surface area contributed by atoms with Gasteiger partial charge in [-0.15, -0.1) is 0 Å². The van der Waals surface area contributed by atoms with E-state index in [1.165, 1.54) is 17.3 Å². The van der Waals surface area contributed by atoms with E-state index in [1.807, 2.05) is 54.6 Å². The number of rotatable bonds is 8. The van der Waals surface area contributed by atoms with Crippen LogP contribution in [0.2, 0.25) is 0 Å². The maximum absolute atomic E-state index is 13.1. The maximum Gasteiger partial charge on any atom is 0.295 e. The molecule has 1 aliphatic rings. The number of unbranched alkanes of at least 4 members (excludes halogenated alkanes) is 1. The Hall–Kier alpha value is -3.93. The molecule has 1 fully saturated rings. The van der Waals surface area contributed by atoms with E-state index in [1.54, 1.807) is 12.1 Å². The highest BCUT2D eigenvalue weighted by Gasteiger charge is 2.46. The fourth-order valence-corrected chi connectivity index (χ4v) is 3.94. The molecule has 0 bridgehead atoms. The van der Waals surface area contributed by atoms with Crippen LogP contribution in [0.1, 0.15) is 42.5 Å². The number of nitrogens with zero attached hydrogens (tertiary/aromatic N) is 2. The predicted molar refractivity (Wildman–Crippen MR) is 125 cm³/mol. The summed E-state index contributed by atoms with van der Waals surface area (Å²) in [4.78, 5) is 31.7. The zero-order chi connectivity index (χ0) is 23.2. The number of amides is 1. The Bertz CT molecular complexity index is 1160. The van der Waals surface area contributed by atoms with E-state index < -0.39 is 17.7 Å². The largest absolute Gasteiger partial charge is 0.507 e. The Kier molecular flexibility index (Phi) is 6.83. The number of aliphatic hydroxyl groups is 1. The molecular weight excluding hydrogens is 416 g/mol. The first-order valence-electron chi connectivity index (χ1n) is 11.1. The van der Waals surface area contributed by atoms with Gasteiger partial charge in [0.25, 0.3) is 11.7 Å². The first-order chi connectivity index (χ1) is 16.1. The topological polar surface area (TPSA) is 79.7 Å². The molecule has 6 nitrogen and oxygen atoms in total. The van der Waals surface area contributed by atoms with Gasteiger partial charge >= 0.3 is 0 Å². The standard InChI is InChI=1S/C27H26N2O4/c1-2-3-16-33-22-11-7-10-21(17-22)24-23(25(30)20-12-14-28-15-13-20)26(31)27(32)29(24)18-19-8-5-4-6-9-19/h4-15,17,24,30H,2-3,16,18H2,1H3. The number of hydrogen-bond donors (Lipinski definition) is 1. The minimum atomic E-state index is -0.743. The van der Waals surface area contributed by atoms with E-state index in [0.717, 1.165) is 18.4 Å². The summed E-state index contributed by atoms with van der Waals surface area (Å²) < 4.78 is 5.86. The Morgan fingerprint density at radius 2 is 1.79 bits per heavy atom. The zero-order valence-electron chi connectivity index (χ0n) is 18.5. The van der Waals surface area contributed by atoms with E-state index in [2.05, 4.69) is 11.9 Å². The first kappa shape index (κ1) is 22.3. The van der Waals surface area contributed by atoms with E-state index in [4.69, 9.17) is 4.74 Å². The lowest BCUT2D eigenvalue weighted by atomic mass is 9.95. The van der Waals surface area contributed by atoms with Crippen LogP contribution in [0.3, 0.4) is 0 Å². The number of ether oxygens (including phenoxy) is 1. The summed E-state index contributed by atoms with van der Waals surface area (Å²) in [6, 6.07) is 19.3. The number of benzene rings is 2. The van der Waals surface area contributed by atoms with Gasteiger partial charge in [-0.3, -0.25) is 14.6 Å². The molecule has 33 heavy (non-hydrogen) atoms. The number of aliphatic hydroxyl groups excluding tert-OH is 1. The van der Waals surface area contributed by atoms with Gasteiger partial charge in [0.05, 0.1) is 18.2 Å². The van der Waals surface area contributed by atoms with Gasteiger partial charge in [-0.2, -0.15) is 0 Å². The predicted octanol–water partition coefficient (Wildman–Crippen LogP) is 4.88. The summed E-state index contributed by atoms with van der Waals surface area (Å²) in [6.45, 7) is 2.92. The van der Waals surface area contributed by atoms with Crippen LogP contribution in [0.4, 0.5) is 0 Å². The molecule has 4 rings (SSSR count). The van der Waals surface area contributed by atoms with E-state index in [0.29, 0.717) is 23.5 Å². The van der Waals surface area contributed by atoms with Gasteiger partial charge in [-0.25, -0.2) is 0 Å². The summed E-state index contributed by atoms with van der Waals surface area (Å²) >= 11 is 0. The smallest absolute Gasteiger partial charge is 0.295 e. The van der Waals surface area contributed by atoms with Crippen molar-refractivity contribution in [2.75, 3.05) is 6.61 Å². The fourth-order valence-electron chi connectivity index (χ4n) is 3.94. The van der Waals surface area contributed by atoms with Crippen molar-refractivity contribution >= 4 is 17.4 Å². The lowest BCUT2D eigenvalue weighted by Crippen LogP contribution is -2.29. The van der Waals surface area contributed by atoms with Crippen molar-refractivity contribution < 1.29 is 19.4 Å². The SMILES string of the molecule is CCCCOc1cccc(C2C(=C(O)c3ccncc3)C(=O)C(=O)N2Cc2ccccc2)c1. The molecule has 168 valence electrons. The van der Waals surface area contributed by atoms with Gasteiger partial charge in [-0.1, -0.05) is 55.8 Å². The maximum atomic E-state index is 13.1. The monoisotopic (exact) mass is 442 g/mol. The van der Waals surface area contributed by atoms with Crippen LogP contribution < -0.4 is 4.74 Å². The fraction of sp³-hybridized carbons (Fsp3) is 0.222. The molecule has 0 spiro atoms. The molecule has 0 saturated carbocycles. The van der Waals surface area contributed by atoms with Crippen molar-refractivity contribution in [3.8, 4) is 5.75 Å². The second kappa shape index (κ2) is 10.1. The summed E-state index contributed by atoms with van der Waals surface area (Å²) in [7, 11) is 0. The Morgan fingerprint density at radius 3 is 2.52 bits per heavy atom. The van der Waals surface area contributed by atoms with Crippen LogP contribution in [-0.2, 0) is 16.1 Å². The van der Waals surface area contributed by atoms with Gasteiger partial charge in [0.1, 0.15) is 11.5 Å². The summed E-state index contributed by atoms with van der Waals surface area (Å²) in [5, 5.41) is 11.1. The molecule has 1 amide bonds. The minimum Gasteiger partial charge on any atom is -0.507 e. The Labute approximate surface area is 193 Å². The van der Waals surface area contributed by atoms with Crippen molar-refractivity contribution in [1.29, 1.82) is 0 Å². The van der Waals surface area contributed by atoms with Gasteiger partial charge in [0.2, 0.25) is 0 Å². The third-order valence-corrected chi connectivity index (χ3v) is 5.63. The summed E-state index contributed by atoms with van der Waals surface area (Å²) in [5.41, 5.74) is 2.09. The Morgan fingerprint density at radius 1 is 1.03 bits per heavy atom. The van der Waals surface area contributed by atoms with Crippen LogP contribution in [0.25, 0.3) is 5.76 Å². The van der Waals surface area contributed by atoms with Crippen LogP contribution in [0.5, 0.6) is 5.75 Å². The molecular formula is C27H26N2O4. The first-order valence-corrected chi connectivity index (χ1v) is 11.1. The highest BCUT2D eigenvalue weighted by molar-refractivity contribution is 6.46. The number of pyridine rings is 1. The van der Waals surface area contributed by atoms with Gasteiger partial charge in [-0.05, 0) is 41.8 Å². The number of likely N-dealkylation sites (tertiary alicyclic amines) is 1. The molecule has 6 heteroatoms. The van der Waals surface area contributed by atoms with E-state index in [-0.39, 0.29) is 17.9 Å². The molecule has 0 radical (unpaired) electrons. The summed E-state index contributed by atoms with van der Waals surface area (Å²) in [5.74, 6) is -0.900. The normalized spacial score (nSPS) is 17.4. The van der Waals surface area contributed by atoms with Crippen LogP contribution in [0, 0.1) is 0 Å². The molecule has 2 aromatic carbocycles. The van der Waals surface area contributed by atoms with Crippen molar-refractivity contribution in [2.45, 2.75) is 32.4 Å². The molecule has 1 unspecified atom stereocenters. The third-order valence-electron chi connectivity index (χ3n) is 5.63. The lowest BCUT2D eigenvalue weighted by Gasteiger charge is -2.26. The third kappa shape index (κ3) is 4.80. The average molecular weight is 443 g/mol. The quantitative estimate of drug-likeness (QED) is 0.233. The van der Waals surface area contributed by atoms with Gasteiger partial charge in [0, 0.05) is 24.5 Å². The van der Waals surface area contributed by atoms with E-state index >= 15 is 0 Å². The Balaban J connectivity index is 1.80. The number of ketones is 1. The lowest BCUT2D eigenvalue weighted by molar-refractivity contribution is -0.140. The summed E-state index contributed by atoms with van der Waals surface area (Å²) in [6.07, 6.45) is 5.01. The molecule has 1 saturated heterocycles. The van der Waals surface area contributed by atoms with Crippen LogP contribution in [-0.4, -0.2) is 33.3 Å². The highest BCUT2D eigenvalue weighted by Crippen LogP contribution is 2.41. The average Bonchev–Trinajstić information content (AvgIpc) is 3.10. The zero-order valence-corrected chi connectivity index (χ0v) is 18.5. The molecule has 1 atom stereocenters. The molecule has 1 aromatic heterocycles. The van der Waals surface area contributed by atoms with Crippen molar-refractivity contribution in [2.24, 2.45) is 0 Å². The number of carbonyl (C=O) groups is 2. The molecule has 2 heterocycles. The molecule has 3 aromatic rings. The molecule has 1 N–H and O–H groups in total. The molecule has 0 aliphatic carbocycles. The number of aromatic nitrogens is 1. The van der Waals surface area contributed by atoms with Gasteiger partial charge < -0.3 is 14.7 Å². The van der Waals surface area contributed by atoms with E-state index in [9.17, 15) is 14.7 Å². The second-order valence-electron chi connectivity index (χ2n) is 7.92. The second-order valence-corrected chi connectivity index (χ2v) is 7.92. The van der Waals surface area contributed by atoms with Crippen molar-refractivity contribution in [3.63, 3.8) is 0 Å². The van der Waals surface area contributed by atoms with Crippen molar-refractivity contribution in [1.82, 2.24) is 9.88 Å². The van der Waals surface area contributed by atoms with Crippen LogP contribution >= 0.6 is 0 Å². The molecule has 1 aliphatic heterocycles. The van der Waals surface area contributed by atoms with Crippen LogP contribution in [0.15, 0.2) is 84.7 Å². The number of carbonyl (C=O) groups excluding carboxylic acids is 2. The highest BCUT2D eigenvalue weighted by atomic mass is 16.5.